The van der Waals surface area contributed by atoms with Gasteiger partial charge in [0.25, 0.3) is 5.91 Å². The Morgan fingerprint density at radius 1 is 0.781 bits per heavy atom. The van der Waals surface area contributed by atoms with E-state index >= 15 is 0 Å². The van der Waals surface area contributed by atoms with E-state index in [1.54, 1.807) is 11.3 Å². The second-order valence-electron chi connectivity index (χ2n) is 7.57. The van der Waals surface area contributed by atoms with Gasteiger partial charge in [-0.15, -0.1) is 11.3 Å². The average Bonchev–Trinajstić information content (AvgIpc) is 3.39. The van der Waals surface area contributed by atoms with Crippen LogP contribution in [0.3, 0.4) is 0 Å². The Labute approximate surface area is 190 Å². The highest BCUT2D eigenvalue weighted by Crippen LogP contribution is 2.31. The summed E-state index contributed by atoms with van der Waals surface area (Å²) in [5.41, 5.74) is 5.64. The molecule has 5 aromatic rings. The number of hydrogen-bond acceptors (Lipinski definition) is 4. The number of amides is 1. The largest absolute Gasteiger partial charge is 0.345 e. The molecule has 0 saturated carbocycles. The van der Waals surface area contributed by atoms with Crippen molar-refractivity contribution >= 4 is 28.3 Å². The lowest BCUT2D eigenvalue weighted by Crippen LogP contribution is -2.26. The molecule has 0 saturated heterocycles. The Morgan fingerprint density at radius 3 is 2.00 bits per heavy atom. The Hall–Kier alpha value is -3.83. The first-order valence-electron chi connectivity index (χ1n) is 10.5. The minimum Gasteiger partial charge on any atom is -0.345 e. The first kappa shape index (κ1) is 20.1. The maximum absolute atomic E-state index is 12.9. The van der Waals surface area contributed by atoms with E-state index in [2.05, 4.69) is 5.32 Å². The predicted octanol–water partition coefficient (Wildman–Crippen LogP) is 6.52. The molecular weight excluding hydrogens is 414 g/mol. The Kier molecular flexibility index (Phi) is 5.48. The molecule has 1 amide bonds. The van der Waals surface area contributed by atoms with Crippen molar-refractivity contribution in [2.75, 3.05) is 0 Å². The van der Waals surface area contributed by atoms with Gasteiger partial charge in [-0.1, -0.05) is 66.7 Å². The summed E-state index contributed by atoms with van der Waals surface area (Å²) in [6.07, 6.45) is 0. The van der Waals surface area contributed by atoms with Crippen LogP contribution in [0.2, 0.25) is 0 Å². The number of nitrogens with zero attached hydrogens (tertiary/aromatic N) is 2. The third-order valence-corrected chi connectivity index (χ3v) is 6.39. The van der Waals surface area contributed by atoms with E-state index in [0.29, 0.717) is 11.1 Å². The second kappa shape index (κ2) is 8.73. The molecule has 0 bridgehead atoms. The normalized spacial score (nSPS) is 11.9. The van der Waals surface area contributed by atoms with Gasteiger partial charge < -0.3 is 5.32 Å². The van der Waals surface area contributed by atoms with E-state index in [9.17, 15) is 4.79 Å². The zero-order valence-electron chi connectivity index (χ0n) is 17.5. The summed E-state index contributed by atoms with van der Waals surface area (Å²) in [5.74, 6) is -0.122. The van der Waals surface area contributed by atoms with Crippen molar-refractivity contribution in [2.45, 2.75) is 13.0 Å². The molecule has 3 aromatic carbocycles. The molecule has 0 aliphatic carbocycles. The average molecular weight is 436 g/mol. The van der Waals surface area contributed by atoms with Crippen LogP contribution in [0.15, 0.2) is 96.4 Å². The number of aromatic nitrogens is 2. The summed E-state index contributed by atoms with van der Waals surface area (Å²) in [6.45, 7) is 1.99. The summed E-state index contributed by atoms with van der Waals surface area (Å²) in [5, 5.41) is 5.08. The molecular formula is C27H21N3OS. The molecule has 1 atom stereocenters. The van der Waals surface area contributed by atoms with Crippen LogP contribution in [0.25, 0.3) is 33.5 Å². The zero-order valence-corrected chi connectivity index (χ0v) is 18.3. The zero-order chi connectivity index (χ0) is 21.9. The lowest BCUT2D eigenvalue weighted by atomic mass is 10.0. The van der Waals surface area contributed by atoms with E-state index in [4.69, 9.17) is 9.97 Å². The van der Waals surface area contributed by atoms with Crippen LogP contribution in [0.1, 0.15) is 28.2 Å². The second-order valence-corrected chi connectivity index (χ2v) is 8.55. The smallest absolute Gasteiger partial charge is 0.251 e. The molecule has 32 heavy (non-hydrogen) atoms. The highest BCUT2D eigenvalue weighted by atomic mass is 32.1. The van der Waals surface area contributed by atoms with Gasteiger partial charge in [-0.2, -0.15) is 0 Å². The molecule has 1 unspecified atom stereocenters. The monoisotopic (exact) mass is 435 g/mol. The number of nitrogens with one attached hydrogen (secondary N) is 1. The molecule has 2 heterocycles. The molecule has 0 aliphatic heterocycles. The molecule has 2 aromatic heterocycles. The van der Waals surface area contributed by atoms with Crippen molar-refractivity contribution in [3.8, 4) is 22.5 Å². The topological polar surface area (TPSA) is 54.9 Å². The minimum absolute atomic E-state index is 0.0513. The lowest BCUT2D eigenvalue weighted by molar-refractivity contribution is 0.0940. The number of thiophene rings is 1. The maximum atomic E-state index is 12.9. The Morgan fingerprint density at radius 2 is 1.41 bits per heavy atom. The Bertz CT molecular complexity index is 1370. The van der Waals surface area contributed by atoms with Gasteiger partial charge >= 0.3 is 0 Å². The van der Waals surface area contributed by atoms with Crippen molar-refractivity contribution in [2.24, 2.45) is 0 Å². The summed E-state index contributed by atoms with van der Waals surface area (Å²) >= 11 is 1.63. The van der Waals surface area contributed by atoms with Crippen molar-refractivity contribution in [3.05, 3.63) is 107 Å². The van der Waals surface area contributed by atoms with Gasteiger partial charge in [0, 0.05) is 21.6 Å². The number of fused-ring (bicyclic) bond motifs is 1. The first-order chi connectivity index (χ1) is 15.7. The van der Waals surface area contributed by atoms with Gasteiger partial charge in [0.1, 0.15) is 0 Å². The fourth-order valence-corrected chi connectivity index (χ4v) is 4.41. The Balaban J connectivity index is 1.57. The van der Waals surface area contributed by atoms with Crippen molar-refractivity contribution in [3.63, 3.8) is 0 Å². The van der Waals surface area contributed by atoms with E-state index < -0.39 is 0 Å². The number of carbonyl (C=O) groups is 1. The van der Waals surface area contributed by atoms with Crippen LogP contribution < -0.4 is 5.32 Å². The third kappa shape index (κ3) is 4.03. The molecule has 4 nitrogen and oxygen atoms in total. The van der Waals surface area contributed by atoms with E-state index in [0.717, 1.165) is 32.9 Å². The standard InChI is InChI=1S/C27H21N3OS/c1-18(24-13-8-16-32-24)28-27(31)21-14-15-22-23(17-21)30-26(20-11-6-3-7-12-20)25(29-22)19-9-4-2-5-10-19/h2-18H,1H3,(H,28,31). The lowest BCUT2D eigenvalue weighted by Gasteiger charge is -2.13. The van der Waals surface area contributed by atoms with Gasteiger partial charge in [-0.25, -0.2) is 9.97 Å². The van der Waals surface area contributed by atoms with Gasteiger partial charge in [-0.05, 0) is 36.6 Å². The van der Waals surface area contributed by atoms with Crippen LogP contribution in [-0.2, 0) is 0 Å². The number of carbonyl (C=O) groups excluding carboxylic acids is 1. The van der Waals surface area contributed by atoms with E-state index in [1.807, 2.05) is 103 Å². The van der Waals surface area contributed by atoms with Crippen molar-refractivity contribution in [1.82, 2.24) is 15.3 Å². The van der Waals surface area contributed by atoms with Gasteiger partial charge in [0.05, 0.1) is 28.5 Å². The van der Waals surface area contributed by atoms with Crippen LogP contribution in [0, 0.1) is 0 Å². The number of benzene rings is 3. The highest BCUT2D eigenvalue weighted by molar-refractivity contribution is 7.10. The van der Waals surface area contributed by atoms with Gasteiger partial charge in [0.15, 0.2) is 0 Å². The summed E-state index contributed by atoms with van der Waals surface area (Å²) in [6, 6.07) is 29.5. The third-order valence-electron chi connectivity index (χ3n) is 5.34. The fourth-order valence-electron chi connectivity index (χ4n) is 3.68. The van der Waals surface area contributed by atoms with E-state index in [1.165, 1.54) is 0 Å². The molecule has 5 rings (SSSR count). The molecule has 0 radical (unpaired) electrons. The highest BCUT2D eigenvalue weighted by Gasteiger charge is 2.16. The van der Waals surface area contributed by atoms with Gasteiger partial charge in [-0.3, -0.25) is 4.79 Å². The molecule has 156 valence electrons. The van der Waals surface area contributed by atoms with Crippen LogP contribution in [0.5, 0.6) is 0 Å². The molecule has 0 aliphatic rings. The first-order valence-corrected chi connectivity index (χ1v) is 11.3. The summed E-state index contributed by atoms with van der Waals surface area (Å²) in [4.78, 5) is 23.9. The van der Waals surface area contributed by atoms with E-state index in [-0.39, 0.29) is 11.9 Å². The summed E-state index contributed by atoms with van der Waals surface area (Å²) in [7, 11) is 0. The number of rotatable bonds is 5. The SMILES string of the molecule is CC(NC(=O)c1ccc2nc(-c3ccccc3)c(-c3ccccc3)nc2c1)c1cccs1. The predicted molar refractivity (Wildman–Crippen MR) is 131 cm³/mol. The van der Waals surface area contributed by atoms with Gasteiger partial charge in [0.2, 0.25) is 0 Å². The number of hydrogen-bond donors (Lipinski definition) is 1. The fraction of sp³-hybridized carbons (Fsp3) is 0.0741. The van der Waals surface area contributed by atoms with Crippen LogP contribution >= 0.6 is 11.3 Å². The minimum atomic E-state index is -0.122. The quantitative estimate of drug-likeness (QED) is 0.342. The summed E-state index contributed by atoms with van der Waals surface area (Å²) < 4.78 is 0. The maximum Gasteiger partial charge on any atom is 0.251 e. The van der Waals surface area contributed by atoms with Crippen LogP contribution in [0.4, 0.5) is 0 Å². The van der Waals surface area contributed by atoms with Crippen molar-refractivity contribution < 1.29 is 4.79 Å². The molecule has 5 heteroatoms. The molecule has 1 N–H and O–H groups in total. The molecule has 0 fully saturated rings. The molecule has 0 spiro atoms. The van der Waals surface area contributed by atoms with Crippen LogP contribution in [-0.4, -0.2) is 15.9 Å². The van der Waals surface area contributed by atoms with Crippen molar-refractivity contribution in [1.29, 1.82) is 0 Å².